The SMILES string of the molecule is O=C(CCN1CCN(C/C=C/c2ccccc2)CC1)NCCc1ccc(F)cc1. The Morgan fingerprint density at radius 2 is 1.66 bits per heavy atom. The summed E-state index contributed by atoms with van der Waals surface area (Å²) in [5.41, 5.74) is 2.26. The van der Waals surface area contributed by atoms with Crippen molar-refractivity contribution in [3.05, 3.63) is 77.6 Å². The second-order valence-corrected chi connectivity index (χ2v) is 7.43. The maximum atomic E-state index is 12.9. The van der Waals surface area contributed by atoms with Gasteiger partial charge in [0.05, 0.1) is 0 Å². The highest BCUT2D eigenvalue weighted by Crippen LogP contribution is 2.06. The number of carbonyl (C=O) groups is 1. The zero-order valence-electron chi connectivity index (χ0n) is 16.9. The van der Waals surface area contributed by atoms with Gasteiger partial charge in [0.1, 0.15) is 5.82 Å². The van der Waals surface area contributed by atoms with Crippen LogP contribution < -0.4 is 5.32 Å². The molecule has 0 bridgehead atoms. The fraction of sp³-hybridized carbons (Fsp3) is 0.375. The van der Waals surface area contributed by atoms with Crippen LogP contribution >= 0.6 is 0 Å². The van der Waals surface area contributed by atoms with E-state index in [1.165, 1.54) is 17.7 Å². The van der Waals surface area contributed by atoms with Crippen LogP contribution in [-0.2, 0) is 11.2 Å². The minimum Gasteiger partial charge on any atom is -0.356 e. The molecule has 0 atom stereocenters. The molecule has 1 fully saturated rings. The van der Waals surface area contributed by atoms with Gasteiger partial charge in [-0.05, 0) is 29.7 Å². The van der Waals surface area contributed by atoms with Gasteiger partial charge >= 0.3 is 0 Å². The highest BCUT2D eigenvalue weighted by atomic mass is 19.1. The molecule has 0 aromatic heterocycles. The molecule has 1 heterocycles. The summed E-state index contributed by atoms with van der Waals surface area (Å²) in [7, 11) is 0. The van der Waals surface area contributed by atoms with Crippen molar-refractivity contribution in [1.82, 2.24) is 15.1 Å². The topological polar surface area (TPSA) is 35.6 Å². The van der Waals surface area contributed by atoms with E-state index in [4.69, 9.17) is 0 Å². The van der Waals surface area contributed by atoms with Gasteiger partial charge in [-0.25, -0.2) is 4.39 Å². The molecule has 1 aliphatic rings. The number of halogens is 1. The van der Waals surface area contributed by atoms with E-state index in [-0.39, 0.29) is 11.7 Å². The summed E-state index contributed by atoms with van der Waals surface area (Å²) in [5.74, 6) is -0.148. The van der Waals surface area contributed by atoms with Gasteiger partial charge in [0.2, 0.25) is 5.91 Å². The molecule has 0 spiro atoms. The van der Waals surface area contributed by atoms with Crippen LogP contribution in [0.15, 0.2) is 60.7 Å². The van der Waals surface area contributed by atoms with E-state index < -0.39 is 0 Å². The number of hydrogen-bond donors (Lipinski definition) is 1. The minimum absolute atomic E-state index is 0.0836. The van der Waals surface area contributed by atoms with Crippen molar-refractivity contribution in [3.63, 3.8) is 0 Å². The number of benzene rings is 2. The van der Waals surface area contributed by atoms with E-state index in [0.29, 0.717) is 13.0 Å². The second-order valence-electron chi connectivity index (χ2n) is 7.43. The minimum atomic E-state index is -0.231. The molecular weight excluding hydrogens is 365 g/mol. The maximum absolute atomic E-state index is 12.9. The molecule has 4 nitrogen and oxygen atoms in total. The van der Waals surface area contributed by atoms with E-state index in [1.54, 1.807) is 12.1 Å². The lowest BCUT2D eigenvalue weighted by Gasteiger charge is -2.34. The number of piperazine rings is 1. The Labute approximate surface area is 173 Å². The maximum Gasteiger partial charge on any atom is 0.221 e. The van der Waals surface area contributed by atoms with Gasteiger partial charge in [0, 0.05) is 52.2 Å². The molecule has 1 amide bonds. The molecule has 1 saturated heterocycles. The number of hydrogen-bond acceptors (Lipinski definition) is 3. The normalized spacial score (nSPS) is 15.6. The third kappa shape index (κ3) is 7.80. The number of nitrogens with one attached hydrogen (secondary N) is 1. The van der Waals surface area contributed by atoms with Gasteiger partial charge in [-0.2, -0.15) is 0 Å². The van der Waals surface area contributed by atoms with Gasteiger partial charge in [-0.15, -0.1) is 0 Å². The predicted octanol–water partition coefficient (Wildman–Crippen LogP) is 3.21. The first-order chi connectivity index (χ1) is 14.2. The van der Waals surface area contributed by atoms with E-state index in [0.717, 1.165) is 51.3 Å². The van der Waals surface area contributed by atoms with Gasteiger partial charge in [-0.3, -0.25) is 9.69 Å². The lowest BCUT2D eigenvalue weighted by molar-refractivity contribution is -0.121. The highest BCUT2D eigenvalue weighted by molar-refractivity contribution is 5.76. The van der Waals surface area contributed by atoms with Gasteiger partial charge in [0.25, 0.3) is 0 Å². The first kappa shape index (κ1) is 21.2. The van der Waals surface area contributed by atoms with Crippen LogP contribution in [0.3, 0.4) is 0 Å². The summed E-state index contributed by atoms with van der Waals surface area (Å²) in [5, 5.41) is 2.96. The molecule has 154 valence electrons. The molecule has 29 heavy (non-hydrogen) atoms. The van der Waals surface area contributed by atoms with Crippen molar-refractivity contribution in [1.29, 1.82) is 0 Å². The average Bonchev–Trinajstić information content (AvgIpc) is 2.75. The molecule has 2 aromatic rings. The van der Waals surface area contributed by atoms with Crippen LogP contribution in [0.4, 0.5) is 4.39 Å². The number of carbonyl (C=O) groups excluding carboxylic acids is 1. The van der Waals surface area contributed by atoms with Crippen LogP contribution in [0, 0.1) is 5.82 Å². The van der Waals surface area contributed by atoms with E-state index >= 15 is 0 Å². The molecule has 0 saturated carbocycles. The summed E-state index contributed by atoms with van der Waals surface area (Å²) in [4.78, 5) is 16.9. The van der Waals surface area contributed by atoms with Crippen molar-refractivity contribution in [2.75, 3.05) is 45.8 Å². The first-order valence-electron chi connectivity index (χ1n) is 10.4. The zero-order valence-corrected chi connectivity index (χ0v) is 16.9. The quantitative estimate of drug-likeness (QED) is 0.708. The Balaban J connectivity index is 1.26. The van der Waals surface area contributed by atoms with Crippen molar-refractivity contribution >= 4 is 12.0 Å². The van der Waals surface area contributed by atoms with Crippen LogP contribution in [-0.4, -0.2) is 61.5 Å². The van der Waals surface area contributed by atoms with E-state index in [1.807, 2.05) is 6.07 Å². The fourth-order valence-electron chi connectivity index (χ4n) is 3.44. The first-order valence-corrected chi connectivity index (χ1v) is 10.4. The van der Waals surface area contributed by atoms with E-state index in [9.17, 15) is 9.18 Å². The lowest BCUT2D eigenvalue weighted by Crippen LogP contribution is -2.47. The average molecular weight is 396 g/mol. The molecule has 5 heteroatoms. The zero-order chi connectivity index (χ0) is 20.3. The largest absolute Gasteiger partial charge is 0.356 e. The fourth-order valence-corrected chi connectivity index (χ4v) is 3.44. The van der Waals surface area contributed by atoms with Crippen LogP contribution in [0.2, 0.25) is 0 Å². The van der Waals surface area contributed by atoms with Gasteiger partial charge in [-0.1, -0.05) is 54.6 Å². The molecule has 0 aliphatic carbocycles. The van der Waals surface area contributed by atoms with Gasteiger partial charge in [0.15, 0.2) is 0 Å². The predicted molar refractivity (Wildman–Crippen MR) is 116 cm³/mol. The van der Waals surface area contributed by atoms with Crippen molar-refractivity contribution in [3.8, 4) is 0 Å². The Bertz CT molecular complexity index is 768. The molecule has 1 N–H and O–H groups in total. The number of nitrogens with zero attached hydrogens (tertiary/aromatic N) is 2. The number of amides is 1. The Kier molecular flexibility index (Phi) is 8.40. The molecular formula is C24H30FN3O. The van der Waals surface area contributed by atoms with Crippen LogP contribution in [0.1, 0.15) is 17.5 Å². The molecule has 0 unspecified atom stereocenters. The second kappa shape index (κ2) is 11.5. The number of rotatable bonds is 9. The smallest absolute Gasteiger partial charge is 0.221 e. The van der Waals surface area contributed by atoms with E-state index in [2.05, 4.69) is 51.5 Å². The Morgan fingerprint density at radius 1 is 0.966 bits per heavy atom. The lowest BCUT2D eigenvalue weighted by atomic mass is 10.1. The third-order valence-corrected chi connectivity index (χ3v) is 5.24. The summed E-state index contributed by atoms with van der Waals surface area (Å²) in [6, 6.07) is 16.8. The van der Waals surface area contributed by atoms with Crippen LogP contribution in [0.5, 0.6) is 0 Å². The monoisotopic (exact) mass is 395 g/mol. The highest BCUT2D eigenvalue weighted by Gasteiger charge is 2.16. The molecule has 0 radical (unpaired) electrons. The summed E-state index contributed by atoms with van der Waals surface area (Å²) >= 11 is 0. The molecule has 2 aromatic carbocycles. The Morgan fingerprint density at radius 3 is 2.38 bits per heavy atom. The summed E-state index contributed by atoms with van der Waals surface area (Å²) in [6.45, 7) is 6.43. The van der Waals surface area contributed by atoms with Crippen molar-refractivity contribution in [2.45, 2.75) is 12.8 Å². The Hall–Kier alpha value is -2.50. The van der Waals surface area contributed by atoms with Gasteiger partial charge < -0.3 is 10.2 Å². The van der Waals surface area contributed by atoms with Crippen molar-refractivity contribution in [2.24, 2.45) is 0 Å². The molecule has 1 aliphatic heterocycles. The summed E-state index contributed by atoms with van der Waals surface area (Å²) < 4.78 is 12.9. The van der Waals surface area contributed by atoms with Crippen LogP contribution in [0.25, 0.3) is 6.08 Å². The molecule has 3 rings (SSSR count). The summed E-state index contributed by atoms with van der Waals surface area (Å²) in [6.07, 6.45) is 5.64. The standard InChI is InChI=1S/C24H30FN3O/c25-23-10-8-22(9-11-23)12-14-26-24(29)13-16-28-19-17-27(18-20-28)15-4-7-21-5-2-1-3-6-21/h1-11H,12-20H2,(H,26,29)/b7-4+. The van der Waals surface area contributed by atoms with Crippen molar-refractivity contribution < 1.29 is 9.18 Å². The third-order valence-electron chi connectivity index (χ3n) is 5.24.